The molecule has 28 heavy (non-hydrogen) atoms. The van der Waals surface area contributed by atoms with Gasteiger partial charge in [0.1, 0.15) is 18.1 Å². The van der Waals surface area contributed by atoms with Gasteiger partial charge in [-0.2, -0.15) is 5.10 Å². The second-order valence-corrected chi connectivity index (χ2v) is 10.8. The fourth-order valence-corrected chi connectivity index (χ4v) is 6.82. The number of sulfonamides is 1. The summed E-state index contributed by atoms with van der Waals surface area (Å²) in [7, 11) is -7.03. The average molecular weight is 428 g/mol. The number of sulfone groups is 1. The van der Waals surface area contributed by atoms with Crippen LogP contribution in [-0.2, 0) is 19.9 Å². The maximum absolute atomic E-state index is 13.0. The van der Waals surface area contributed by atoms with Gasteiger partial charge < -0.3 is 9.47 Å². The molecular formula is C17H21N3O6S2. The molecular weight excluding hydrogens is 406 g/mol. The lowest BCUT2D eigenvalue weighted by molar-refractivity contribution is 0.171. The number of anilines is 1. The summed E-state index contributed by atoms with van der Waals surface area (Å²) in [5.74, 6) is 1.11. The highest BCUT2D eigenvalue weighted by Gasteiger charge is 2.34. The van der Waals surface area contributed by atoms with Gasteiger partial charge in [-0.25, -0.2) is 16.8 Å². The van der Waals surface area contributed by atoms with Crippen molar-refractivity contribution in [2.75, 3.05) is 29.4 Å². The van der Waals surface area contributed by atoms with Gasteiger partial charge in [0.2, 0.25) is 0 Å². The summed E-state index contributed by atoms with van der Waals surface area (Å²) in [4.78, 5) is 0.0617. The fourth-order valence-electron chi connectivity index (χ4n) is 3.67. The highest BCUT2D eigenvalue weighted by Crippen LogP contribution is 2.34. The Kier molecular flexibility index (Phi) is 4.53. The molecule has 1 aromatic heterocycles. The van der Waals surface area contributed by atoms with E-state index in [1.165, 1.54) is 4.68 Å². The van der Waals surface area contributed by atoms with Crippen molar-refractivity contribution in [1.82, 2.24) is 9.78 Å². The Balaban J connectivity index is 1.65. The van der Waals surface area contributed by atoms with Gasteiger partial charge in [-0.3, -0.25) is 9.40 Å². The molecule has 4 rings (SSSR count). The third-order valence-corrected chi connectivity index (χ3v) is 8.26. The minimum atomic E-state index is -3.92. The smallest absolute Gasteiger partial charge is 0.265 e. The first kappa shape index (κ1) is 19.1. The molecule has 2 aliphatic heterocycles. The first-order chi connectivity index (χ1) is 13.2. The predicted molar refractivity (Wildman–Crippen MR) is 102 cm³/mol. The Hall–Kier alpha value is -2.27. The van der Waals surface area contributed by atoms with Gasteiger partial charge in [-0.15, -0.1) is 0 Å². The van der Waals surface area contributed by atoms with Gasteiger partial charge >= 0.3 is 0 Å². The topological polar surface area (TPSA) is 117 Å². The molecule has 0 bridgehead atoms. The zero-order valence-electron chi connectivity index (χ0n) is 15.5. The lowest BCUT2D eigenvalue weighted by atomic mass is 10.2. The molecule has 2 aromatic rings. The van der Waals surface area contributed by atoms with E-state index in [2.05, 4.69) is 9.82 Å². The van der Waals surface area contributed by atoms with Gasteiger partial charge in [-0.05, 0) is 32.4 Å². The van der Waals surface area contributed by atoms with Crippen LogP contribution in [0.1, 0.15) is 23.9 Å². The van der Waals surface area contributed by atoms with E-state index in [9.17, 15) is 16.8 Å². The van der Waals surface area contributed by atoms with Crippen LogP contribution in [0.2, 0.25) is 0 Å². The molecule has 1 unspecified atom stereocenters. The number of hydrogen-bond donors (Lipinski definition) is 1. The minimum absolute atomic E-state index is 0.0238. The maximum Gasteiger partial charge on any atom is 0.265 e. The van der Waals surface area contributed by atoms with Crippen LogP contribution >= 0.6 is 0 Å². The number of aromatic nitrogens is 2. The second-order valence-electron chi connectivity index (χ2n) is 6.97. The molecule has 0 aliphatic carbocycles. The summed E-state index contributed by atoms with van der Waals surface area (Å²) in [5.41, 5.74) is 1.09. The summed E-state index contributed by atoms with van der Waals surface area (Å²) in [6, 6.07) is 4.48. The molecule has 152 valence electrons. The molecule has 9 nitrogen and oxygen atoms in total. The van der Waals surface area contributed by atoms with Gasteiger partial charge in [0.05, 0.1) is 34.6 Å². The first-order valence-corrected chi connectivity index (χ1v) is 12.2. The molecule has 0 radical (unpaired) electrons. The molecule has 11 heteroatoms. The van der Waals surface area contributed by atoms with Gasteiger partial charge in [0.25, 0.3) is 10.0 Å². The summed E-state index contributed by atoms with van der Waals surface area (Å²) in [6.07, 6.45) is 0.430. The van der Waals surface area contributed by atoms with Gasteiger partial charge in [0, 0.05) is 6.07 Å². The monoisotopic (exact) mass is 427 g/mol. The van der Waals surface area contributed by atoms with E-state index in [1.807, 2.05) is 0 Å². The third kappa shape index (κ3) is 3.44. The number of nitrogens with one attached hydrogen (secondary N) is 1. The zero-order chi connectivity index (χ0) is 20.1. The van der Waals surface area contributed by atoms with Crippen LogP contribution in [0.5, 0.6) is 11.5 Å². The molecule has 0 spiro atoms. The number of fused-ring (bicyclic) bond motifs is 1. The van der Waals surface area contributed by atoms with E-state index in [-0.39, 0.29) is 22.4 Å². The summed E-state index contributed by atoms with van der Waals surface area (Å²) in [6.45, 7) is 4.10. The average Bonchev–Trinajstić information content (AvgIpc) is 3.13. The Labute approximate surface area is 163 Å². The summed E-state index contributed by atoms with van der Waals surface area (Å²) >= 11 is 0. The van der Waals surface area contributed by atoms with E-state index in [1.54, 1.807) is 32.0 Å². The Bertz CT molecular complexity index is 1140. The van der Waals surface area contributed by atoms with Crippen LogP contribution in [0.3, 0.4) is 0 Å². The maximum atomic E-state index is 13.0. The first-order valence-electron chi connectivity index (χ1n) is 8.85. The van der Waals surface area contributed by atoms with Crippen LogP contribution in [0.15, 0.2) is 23.1 Å². The second kappa shape index (κ2) is 6.66. The van der Waals surface area contributed by atoms with Crippen molar-refractivity contribution < 1.29 is 26.3 Å². The van der Waals surface area contributed by atoms with Crippen molar-refractivity contribution in [1.29, 1.82) is 0 Å². The highest BCUT2D eigenvalue weighted by molar-refractivity contribution is 7.92. The van der Waals surface area contributed by atoms with Crippen molar-refractivity contribution in [3.05, 3.63) is 29.6 Å². The molecule has 1 N–H and O–H groups in total. The standard InChI is InChI=1S/C17H21N3O6S2/c1-11-17(12(2)20(18-11)14-5-8-27(21,22)10-14)28(23,24)19-13-3-4-15-16(9-13)26-7-6-25-15/h3-4,9,14,19H,5-8,10H2,1-2H3. The molecule has 0 saturated carbocycles. The highest BCUT2D eigenvalue weighted by atomic mass is 32.2. The number of benzene rings is 1. The molecule has 3 heterocycles. The van der Waals surface area contributed by atoms with E-state index in [4.69, 9.17) is 9.47 Å². The van der Waals surface area contributed by atoms with Crippen molar-refractivity contribution in [2.24, 2.45) is 0 Å². The van der Waals surface area contributed by atoms with Crippen LogP contribution in [0.4, 0.5) is 5.69 Å². The van der Waals surface area contributed by atoms with Gasteiger partial charge in [-0.1, -0.05) is 0 Å². The molecule has 1 aromatic carbocycles. The van der Waals surface area contributed by atoms with Crippen molar-refractivity contribution >= 4 is 25.5 Å². The predicted octanol–water partition coefficient (Wildman–Crippen LogP) is 1.43. The molecule has 1 fully saturated rings. The zero-order valence-corrected chi connectivity index (χ0v) is 17.1. The Morgan fingerprint density at radius 1 is 1.18 bits per heavy atom. The van der Waals surface area contributed by atoms with Crippen LogP contribution < -0.4 is 14.2 Å². The fraction of sp³-hybridized carbons (Fsp3) is 0.471. The Morgan fingerprint density at radius 3 is 2.57 bits per heavy atom. The third-order valence-electron chi connectivity index (χ3n) is 4.88. The largest absolute Gasteiger partial charge is 0.486 e. The lowest BCUT2D eigenvalue weighted by Gasteiger charge is -2.19. The van der Waals surface area contributed by atoms with Crippen molar-refractivity contribution in [2.45, 2.75) is 31.2 Å². The Morgan fingerprint density at radius 2 is 1.89 bits per heavy atom. The number of rotatable bonds is 4. The molecule has 0 amide bonds. The van der Waals surface area contributed by atoms with Crippen LogP contribution in [0.25, 0.3) is 0 Å². The molecule has 1 atom stereocenters. The molecule has 2 aliphatic rings. The van der Waals surface area contributed by atoms with E-state index in [0.29, 0.717) is 48.2 Å². The van der Waals surface area contributed by atoms with E-state index < -0.39 is 19.9 Å². The van der Waals surface area contributed by atoms with Crippen LogP contribution in [0, 0.1) is 13.8 Å². The van der Waals surface area contributed by atoms with E-state index in [0.717, 1.165) is 0 Å². The molecule has 1 saturated heterocycles. The quantitative estimate of drug-likeness (QED) is 0.784. The minimum Gasteiger partial charge on any atom is -0.486 e. The van der Waals surface area contributed by atoms with Crippen LogP contribution in [-0.4, -0.2) is 51.3 Å². The van der Waals surface area contributed by atoms with E-state index >= 15 is 0 Å². The number of aryl methyl sites for hydroxylation is 1. The summed E-state index contributed by atoms with van der Waals surface area (Å²) in [5, 5.41) is 4.32. The SMILES string of the molecule is Cc1nn(C2CCS(=O)(=O)C2)c(C)c1S(=O)(=O)Nc1ccc2c(c1)OCCO2. The van der Waals surface area contributed by atoms with Crippen molar-refractivity contribution in [3.8, 4) is 11.5 Å². The van der Waals surface area contributed by atoms with Gasteiger partial charge in [0.15, 0.2) is 21.3 Å². The summed E-state index contributed by atoms with van der Waals surface area (Å²) < 4.78 is 64.6. The van der Waals surface area contributed by atoms with Crippen molar-refractivity contribution in [3.63, 3.8) is 0 Å². The normalized spacial score (nSPS) is 20.9. The number of hydrogen-bond acceptors (Lipinski definition) is 7. The lowest BCUT2D eigenvalue weighted by Crippen LogP contribution is -2.18. The number of ether oxygens (including phenoxy) is 2. The number of nitrogens with zero attached hydrogens (tertiary/aromatic N) is 2.